The first-order valence-electron chi connectivity index (χ1n) is 12.1. The van der Waals surface area contributed by atoms with E-state index in [4.69, 9.17) is 15.2 Å². The second-order valence-corrected chi connectivity index (χ2v) is 9.50. The van der Waals surface area contributed by atoms with E-state index >= 15 is 0 Å². The number of benzene rings is 1. The lowest BCUT2D eigenvalue weighted by Crippen LogP contribution is -2.49. The molecule has 0 bridgehead atoms. The van der Waals surface area contributed by atoms with Crippen LogP contribution in [0.25, 0.3) is 33.6 Å². The average molecular weight is 459 g/mol. The summed E-state index contributed by atoms with van der Waals surface area (Å²) in [5, 5.41) is 5.89. The summed E-state index contributed by atoms with van der Waals surface area (Å²) in [5.74, 6) is 1.21. The highest BCUT2D eigenvalue weighted by Crippen LogP contribution is 2.37. The van der Waals surface area contributed by atoms with E-state index < -0.39 is 0 Å². The smallest absolute Gasteiger partial charge is 0.181 e. The van der Waals surface area contributed by atoms with Gasteiger partial charge in [-0.3, -0.25) is 4.90 Å². The number of nitrogens with zero attached hydrogens (tertiary/aromatic N) is 7. The quantitative estimate of drug-likeness (QED) is 0.496. The molecule has 2 N–H and O–H groups in total. The van der Waals surface area contributed by atoms with Crippen molar-refractivity contribution >= 4 is 16.9 Å². The normalized spacial score (nSPS) is 22.4. The van der Waals surface area contributed by atoms with Crippen LogP contribution in [0.4, 0.5) is 5.82 Å². The Balaban J connectivity index is 1.27. The van der Waals surface area contributed by atoms with Gasteiger partial charge in [-0.05, 0) is 32.7 Å². The van der Waals surface area contributed by atoms with Gasteiger partial charge in [0.25, 0.3) is 0 Å². The summed E-state index contributed by atoms with van der Waals surface area (Å²) in [6.07, 6.45) is 9.28. The number of likely N-dealkylation sites (N-methyl/N-ethyl adjacent to an activating group) is 1. The van der Waals surface area contributed by atoms with Crippen LogP contribution < -0.4 is 5.73 Å². The maximum absolute atomic E-state index is 6.34. The number of anilines is 1. The van der Waals surface area contributed by atoms with Crippen molar-refractivity contribution in [1.29, 1.82) is 0 Å². The lowest BCUT2D eigenvalue weighted by Gasteiger charge is -2.41. The minimum absolute atomic E-state index is 0.322. The number of hydrogen-bond donors (Lipinski definition) is 1. The van der Waals surface area contributed by atoms with E-state index in [-0.39, 0.29) is 0 Å². The molecule has 1 aromatic carbocycles. The maximum Gasteiger partial charge on any atom is 0.181 e. The van der Waals surface area contributed by atoms with Gasteiger partial charge in [-0.25, -0.2) is 19.6 Å². The first kappa shape index (κ1) is 21.2. The van der Waals surface area contributed by atoms with E-state index in [2.05, 4.69) is 36.5 Å². The SMILES string of the molecule is CN1CCN(C2CCC(n3nc(-c4ccc(-c5cnco5)cc4)c4c(N)ncnc43)CC2)CC1. The predicted molar refractivity (Wildman–Crippen MR) is 131 cm³/mol. The van der Waals surface area contributed by atoms with Crippen LogP contribution in [0, 0.1) is 0 Å². The largest absolute Gasteiger partial charge is 0.444 e. The number of aromatic nitrogens is 5. The molecule has 4 aromatic rings. The fraction of sp³-hybridized carbons (Fsp3) is 0.440. The Bertz CT molecular complexity index is 1250. The van der Waals surface area contributed by atoms with Gasteiger partial charge in [0, 0.05) is 43.3 Å². The van der Waals surface area contributed by atoms with Crippen molar-refractivity contribution in [3.63, 3.8) is 0 Å². The van der Waals surface area contributed by atoms with Crippen molar-refractivity contribution in [2.45, 2.75) is 37.8 Å². The van der Waals surface area contributed by atoms with Gasteiger partial charge >= 0.3 is 0 Å². The van der Waals surface area contributed by atoms with Gasteiger partial charge in [0.05, 0.1) is 17.6 Å². The molecule has 1 aliphatic carbocycles. The lowest BCUT2D eigenvalue weighted by molar-refractivity contribution is 0.0815. The molecule has 6 rings (SSSR count). The highest BCUT2D eigenvalue weighted by molar-refractivity contribution is 5.98. The van der Waals surface area contributed by atoms with Crippen LogP contribution in [-0.2, 0) is 0 Å². The van der Waals surface area contributed by atoms with Gasteiger partial charge in [0.15, 0.2) is 17.8 Å². The van der Waals surface area contributed by atoms with Crippen LogP contribution in [0.5, 0.6) is 0 Å². The van der Waals surface area contributed by atoms with E-state index in [1.807, 2.05) is 24.3 Å². The van der Waals surface area contributed by atoms with Gasteiger partial charge in [-0.15, -0.1) is 0 Å². The molecular formula is C25H30N8O. The van der Waals surface area contributed by atoms with Gasteiger partial charge in [-0.1, -0.05) is 24.3 Å². The molecule has 34 heavy (non-hydrogen) atoms. The van der Waals surface area contributed by atoms with Crippen molar-refractivity contribution in [2.24, 2.45) is 0 Å². The Hall–Kier alpha value is -3.30. The molecule has 0 atom stereocenters. The third kappa shape index (κ3) is 3.84. The summed E-state index contributed by atoms with van der Waals surface area (Å²) in [7, 11) is 2.21. The summed E-state index contributed by atoms with van der Waals surface area (Å²) in [6, 6.07) is 9.11. The van der Waals surface area contributed by atoms with Gasteiger partial charge in [0.2, 0.25) is 0 Å². The molecule has 0 radical (unpaired) electrons. The molecule has 1 saturated carbocycles. The topological polar surface area (TPSA) is 102 Å². The predicted octanol–water partition coefficient (Wildman–Crippen LogP) is 3.46. The van der Waals surface area contributed by atoms with Crippen molar-refractivity contribution in [3.8, 4) is 22.6 Å². The Morgan fingerprint density at radius 1 is 0.912 bits per heavy atom. The first-order valence-corrected chi connectivity index (χ1v) is 12.1. The lowest BCUT2D eigenvalue weighted by atomic mass is 9.90. The van der Waals surface area contributed by atoms with Crippen molar-refractivity contribution in [2.75, 3.05) is 39.0 Å². The molecule has 1 aliphatic heterocycles. The Labute approximate surface area is 198 Å². The molecule has 2 fully saturated rings. The maximum atomic E-state index is 6.34. The van der Waals surface area contributed by atoms with Crippen LogP contribution in [0.3, 0.4) is 0 Å². The number of fused-ring (bicyclic) bond motifs is 1. The fourth-order valence-corrected chi connectivity index (χ4v) is 5.46. The van der Waals surface area contributed by atoms with Crippen molar-refractivity contribution < 1.29 is 4.42 Å². The van der Waals surface area contributed by atoms with Crippen LogP contribution in [0.15, 0.2) is 47.6 Å². The number of rotatable bonds is 4. The molecule has 1 saturated heterocycles. The molecule has 9 nitrogen and oxygen atoms in total. The zero-order valence-corrected chi connectivity index (χ0v) is 19.5. The third-order valence-corrected chi connectivity index (χ3v) is 7.46. The number of nitrogen functional groups attached to an aromatic ring is 1. The highest BCUT2D eigenvalue weighted by Gasteiger charge is 2.30. The molecule has 0 unspecified atom stereocenters. The molecule has 9 heteroatoms. The van der Waals surface area contributed by atoms with Crippen LogP contribution in [0.2, 0.25) is 0 Å². The molecule has 0 spiro atoms. The third-order valence-electron chi connectivity index (χ3n) is 7.46. The highest BCUT2D eigenvalue weighted by atomic mass is 16.3. The van der Waals surface area contributed by atoms with Crippen LogP contribution in [0.1, 0.15) is 31.7 Å². The van der Waals surface area contributed by atoms with E-state index in [9.17, 15) is 0 Å². The summed E-state index contributed by atoms with van der Waals surface area (Å²) < 4.78 is 7.52. The van der Waals surface area contributed by atoms with Crippen molar-refractivity contribution in [1.82, 2.24) is 34.5 Å². The second kappa shape index (κ2) is 8.81. The molecule has 4 heterocycles. The van der Waals surface area contributed by atoms with E-state index in [0.29, 0.717) is 17.9 Å². The Morgan fingerprint density at radius 2 is 1.62 bits per heavy atom. The average Bonchev–Trinajstić information content (AvgIpc) is 3.54. The van der Waals surface area contributed by atoms with E-state index in [0.717, 1.165) is 46.5 Å². The Kier molecular flexibility index (Phi) is 5.50. The van der Waals surface area contributed by atoms with Gasteiger partial charge in [0.1, 0.15) is 17.8 Å². The van der Waals surface area contributed by atoms with E-state index in [1.54, 1.807) is 12.5 Å². The summed E-state index contributed by atoms with van der Waals surface area (Å²) in [4.78, 5) is 18.0. The fourth-order valence-electron chi connectivity index (χ4n) is 5.46. The molecule has 3 aromatic heterocycles. The van der Waals surface area contributed by atoms with Crippen LogP contribution in [-0.4, -0.2) is 73.8 Å². The number of piperazine rings is 1. The summed E-state index contributed by atoms with van der Waals surface area (Å²) in [6.45, 7) is 4.68. The summed E-state index contributed by atoms with van der Waals surface area (Å²) >= 11 is 0. The number of hydrogen-bond acceptors (Lipinski definition) is 8. The molecule has 176 valence electrons. The standard InChI is InChI=1S/C25H30N8O/c1-31-10-12-32(13-11-31)19-6-8-20(9-7-19)33-25-22(24(26)28-15-29-25)23(30-33)18-4-2-17(3-5-18)21-14-27-16-34-21/h2-5,14-16,19-20H,6-13H2,1H3,(H2,26,28,29). The molecule has 0 amide bonds. The molecular weight excluding hydrogens is 428 g/mol. The minimum Gasteiger partial charge on any atom is -0.444 e. The summed E-state index contributed by atoms with van der Waals surface area (Å²) in [5.41, 5.74) is 9.95. The van der Waals surface area contributed by atoms with E-state index in [1.165, 1.54) is 45.4 Å². The zero-order valence-electron chi connectivity index (χ0n) is 19.5. The second-order valence-electron chi connectivity index (χ2n) is 9.50. The first-order chi connectivity index (χ1) is 16.7. The minimum atomic E-state index is 0.322. The zero-order chi connectivity index (χ0) is 23.1. The number of nitrogens with two attached hydrogens (primary N) is 1. The van der Waals surface area contributed by atoms with Gasteiger partial charge < -0.3 is 15.1 Å². The van der Waals surface area contributed by atoms with Crippen LogP contribution >= 0.6 is 0 Å². The monoisotopic (exact) mass is 458 g/mol. The molecule has 2 aliphatic rings. The van der Waals surface area contributed by atoms with Gasteiger partial charge in [-0.2, -0.15) is 5.10 Å². The van der Waals surface area contributed by atoms with Crippen molar-refractivity contribution in [3.05, 3.63) is 43.2 Å². The Morgan fingerprint density at radius 3 is 2.32 bits per heavy atom. The number of oxazole rings is 1.